The second-order valence-corrected chi connectivity index (χ2v) is 7.47. The van der Waals surface area contributed by atoms with E-state index in [1.165, 1.54) is 52.8 Å². The lowest BCUT2D eigenvalue weighted by molar-refractivity contribution is -0.659. The Morgan fingerprint density at radius 3 is 2.46 bits per heavy atom. The maximum Gasteiger partial charge on any atom is 0.212 e. The SMILES string of the molecule is [2H]C1(c2cccc(-c3ccc(-c4ccccc4C)[n+](C)c3)c2)CCCCC1. The molecule has 1 heterocycles. The van der Waals surface area contributed by atoms with Crippen LogP contribution in [0.1, 0.15) is 50.5 Å². The molecule has 1 fully saturated rings. The first kappa shape index (κ1) is 15.8. The van der Waals surface area contributed by atoms with Crippen LogP contribution in [-0.2, 0) is 7.05 Å². The molecule has 0 unspecified atom stereocenters. The second-order valence-electron chi connectivity index (χ2n) is 7.47. The Morgan fingerprint density at radius 1 is 0.885 bits per heavy atom. The molecular formula is C25H28N+. The first-order valence-corrected chi connectivity index (χ1v) is 9.73. The van der Waals surface area contributed by atoms with Gasteiger partial charge in [-0.15, -0.1) is 0 Å². The number of pyridine rings is 1. The molecule has 1 aliphatic rings. The highest BCUT2D eigenvalue weighted by molar-refractivity contribution is 5.66. The summed E-state index contributed by atoms with van der Waals surface area (Å²) >= 11 is 0. The summed E-state index contributed by atoms with van der Waals surface area (Å²) in [6, 6.07) is 21.6. The van der Waals surface area contributed by atoms with E-state index >= 15 is 0 Å². The molecule has 132 valence electrons. The lowest BCUT2D eigenvalue weighted by Gasteiger charge is -2.22. The molecular weight excluding hydrogens is 314 g/mol. The van der Waals surface area contributed by atoms with Gasteiger partial charge in [-0.2, -0.15) is 0 Å². The van der Waals surface area contributed by atoms with Crippen LogP contribution in [0.4, 0.5) is 0 Å². The highest BCUT2D eigenvalue weighted by atomic mass is 14.9. The predicted octanol–water partition coefficient (Wildman–Crippen LogP) is 6.20. The van der Waals surface area contributed by atoms with E-state index in [4.69, 9.17) is 1.37 Å². The minimum absolute atomic E-state index is 0.405. The summed E-state index contributed by atoms with van der Waals surface area (Å²) < 4.78 is 11.1. The summed E-state index contributed by atoms with van der Waals surface area (Å²) in [5, 5.41) is 0. The first-order chi connectivity index (χ1) is 13.1. The van der Waals surface area contributed by atoms with Crippen LogP contribution < -0.4 is 4.57 Å². The molecule has 0 bridgehead atoms. The fraction of sp³-hybridized carbons (Fsp3) is 0.320. The van der Waals surface area contributed by atoms with Crippen LogP contribution in [0.3, 0.4) is 0 Å². The van der Waals surface area contributed by atoms with Gasteiger partial charge >= 0.3 is 0 Å². The molecule has 26 heavy (non-hydrogen) atoms. The number of hydrogen-bond acceptors (Lipinski definition) is 0. The second kappa shape index (κ2) is 7.45. The number of aromatic nitrogens is 1. The smallest absolute Gasteiger partial charge is 0.200 e. The van der Waals surface area contributed by atoms with Crippen LogP contribution in [0.2, 0.25) is 0 Å². The lowest BCUT2D eigenvalue weighted by atomic mass is 9.83. The summed E-state index contributed by atoms with van der Waals surface area (Å²) in [6.45, 7) is 2.16. The Labute approximate surface area is 158 Å². The number of nitrogens with zero attached hydrogens (tertiary/aromatic N) is 1. The summed E-state index contributed by atoms with van der Waals surface area (Å²) in [5.74, 6) is -0.405. The molecule has 0 saturated heterocycles. The average Bonchev–Trinajstić information content (AvgIpc) is 2.69. The molecule has 2 aromatic carbocycles. The third-order valence-electron chi connectivity index (χ3n) is 5.62. The maximum atomic E-state index is 8.93. The van der Waals surface area contributed by atoms with E-state index in [1.807, 2.05) is 0 Å². The van der Waals surface area contributed by atoms with E-state index in [-0.39, 0.29) is 0 Å². The molecule has 3 aromatic rings. The van der Waals surface area contributed by atoms with E-state index in [9.17, 15) is 0 Å². The average molecular weight is 344 g/mol. The third kappa shape index (κ3) is 3.44. The van der Waals surface area contributed by atoms with Crippen molar-refractivity contribution in [1.82, 2.24) is 0 Å². The van der Waals surface area contributed by atoms with Crippen LogP contribution >= 0.6 is 0 Å². The zero-order valence-corrected chi connectivity index (χ0v) is 15.8. The highest BCUT2D eigenvalue weighted by Gasteiger charge is 2.17. The summed E-state index contributed by atoms with van der Waals surface area (Å²) in [4.78, 5) is 0. The topological polar surface area (TPSA) is 3.88 Å². The standard InChI is InChI=1S/C25H28N/c1-19-9-6-7-14-24(19)25-16-15-23(18-26(25)2)22-13-8-12-21(17-22)20-10-4-3-5-11-20/h6-9,12-18,20H,3-5,10-11H2,1-2H3/q+1/i20D. The van der Waals surface area contributed by atoms with Gasteiger partial charge in [-0.25, -0.2) is 4.57 Å². The van der Waals surface area contributed by atoms with E-state index in [2.05, 4.69) is 85.4 Å². The van der Waals surface area contributed by atoms with E-state index in [0.717, 1.165) is 12.8 Å². The van der Waals surface area contributed by atoms with Crippen molar-refractivity contribution in [2.75, 3.05) is 0 Å². The molecule has 0 amide bonds. The van der Waals surface area contributed by atoms with Gasteiger partial charge in [0.05, 0.1) is 0 Å². The van der Waals surface area contributed by atoms with Gasteiger partial charge in [-0.1, -0.05) is 61.7 Å². The van der Waals surface area contributed by atoms with Crippen molar-refractivity contribution in [2.24, 2.45) is 7.05 Å². The van der Waals surface area contributed by atoms with Gasteiger partial charge in [-0.3, -0.25) is 0 Å². The fourth-order valence-corrected chi connectivity index (χ4v) is 4.10. The summed E-state index contributed by atoms with van der Waals surface area (Å²) in [5.41, 5.74) is 7.36. The van der Waals surface area contributed by atoms with Gasteiger partial charge in [0.2, 0.25) is 5.69 Å². The molecule has 1 nitrogen and oxygen atoms in total. The van der Waals surface area contributed by atoms with Crippen LogP contribution in [0.25, 0.3) is 22.4 Å². The number of aryl methyl sites for hydroxylation is 2. The van der Waals surface area contributed by atoms with Gasteiger partial charge in [0.1, 0.15) is 7.05 Å². The Hall–Kier alpha value is -2.41. The first-order valence-electron chi connectivity index (χ1n) is 10.2. The summed E-state index contributed by atoms with van der Waals surface area (Å²) in [6.07, 6.45) is 7.80. The van der Waals surface area contributed by atoms with E-state index in [0.29, 0.717) is 0 Å². The van der Waals surface area contributed by atoms with Crippen LogP contribution in [0.5, 0.6) is 0 Å². The molecule has 4 rings (SSSR count). The molecule has 1 aliphatic carbocycles. The van der Waals surface area contributed by atoms with Gasteiger partial charge in [0, 0.05) is 18.6 Å². The van der Waals surface area contributed by atoms with Crippen molar-refractivity contribution in [2.45, 2.75) is 44.9 Å². The van der Waals surface area contributed by atoms with E-state index < -0.39 is 5.89 Å². The minimum atomic E-state index is -0.405. The van der Waals surface area contributed by atoms with Crippen LogP contribution in [0.15, 0.2) is 66.9 Å². The molecule has 0 radical (unpaired) electrons. The summed E-state index contributed by atoms with van der Waals surface area (Å²) in [7, 11) is 2.11. The fourth-order valence-electron chi connectivity index (χ4n) is 4.10. The van der Waals surface area contributed by atoms with Gasteiger partial charge in [0.15, 0.2) is 6.20 Å². The molecule has 0 spiro atoms. The molecule has 1 heteroatoms. The molecule has 0 N–H and O–H groups in total. The monoisotopic (exact) mass is 343 g/mol. The maximum absolute atomic E-state index is 8.93. The normalized spacial score (nSPS) is 16.9. The Balaban J connectivity index is 1.69. The van der Waals surface area contributed by atoms with E-state index in [1.54, 1.807) is 0 Å². The molecule has 0 atom stereocenters. The largest absolute Gasteiger partial charge is 0.212 e. The van der Waals surface area contributed by atoms with Crippen molar-refractivity contribution in [3.05, 3.63) is 78.0 Å². The zero-order chi connectivity index (χ0) is 18.9. The highest BCUT2D eigenvalue weighted by Crippen LogP contribution is 2.34. The predicted molar refractivity (Wildman–Crippen MR) is 109 cm³/mol. The number of rotatable bonds is 3. The molecule has 0 aliphatic heterocycles. The van der Waals surface area contributed by atoms with Crippen LogP contribution in [-0.4, -0.2) is 0 Å². The lowest BCUT2D eigenvalue weighted by Crippen LogP contribution is -2.30. The van der Waals surface area contributed by atoms with Crippen molar-refractivity contribution in [1.29, 1.82) is 0 Å². The quantitative estimate of drug-likeness (QED) is 0.498. The van der Waals surface area contributed by atoms with Gasteiger partial charge < -0.3 is 0 Å². The van der Waals surface area contributed by atoms with Crippen molar-refractivity contribution in [3.8, 4) is 22.4 Å². The zero-order valence-electron chi connectivity index (χ0n) is 16.8. The minimum Gasteiger partial charge on any atom is -0.200 e. The number of benzene rings is 2. The van der Waals surface area contributed by atoms with Gasteiger partial charge in [-0.05, 0) is 54.5 Å². The Kier molecular flexibility index (Phi) is 4.53. The molecule has 1 aromatic heterocycles. The van der Waals surface area contributed by atoms with Gasteiger partial charge in [0.25, 0.3) is 0 Å². The van der Waals surface area contributed by atoms with Crippen molar-refractivity contribution >= 4 is 0 Å². The van der Waals surface area contributed by atoms with Crippen molar-refractivity contribution < 1.29 is 5.94 Å². The number of hydrogen-bond donors (Lipinski definition) is 0. The molecule has 1 saturated carbocycles. The Bertz CT molecular complexity index is 954. The van der Waals surface area contributed by atoms with Crippen molar-refractivity contribution in [3.63, 3.8) is 0 Å². The third-order valence-corrected chi connectivity index (χ3v) is 5.62. The van der Waals surface area contributed by atoms with Crippen LogP contribution in [0, 0.1) is 6.92 Å². The Morgan fingerprint density at radius 2 is 1.69 bits per heavy atom.